The van der Waals surface area contributed by atoms with Gasteiger partial charge in [0.2, 0.25) is 5.91 Å². The highest BCUT2D eigenvalue weighted by Gasteiger charge is 2.03. The van der Waals surface area contributed by atoms with Gasteiger partial charge in [0.15, 0.2) is 0 Å². The van der Waals surface area contributed by atoms with Gasteiger partial charge in [0, 0.05) is 13.1 Å². The maximum Gasteiger partial charge on any atom is 0.243 e. The number of hydrogen-bond acceptors (Lipinski definition) is 2. The second kappa shape index (κ2) is 6.08. The van der Waals surface area contributed by atoms with Crippen LogP contribution in [0, 0.1) is 0 Å². The molecule has 1 amide bonds. The SMILES string of the molecule is C=CC(=O)NCc1ccccc1CN(C)C. The predicted molar refractivity (Wildman–Crippen MR) is 65.9 cm³/mol. The van der Waals surface area contributed by atoms with Crippen LogP contribution < -0.4 is 5.32 Å². The molecule has 0 aliphatic carbocycles. The molecule has 3 heteroatoms. The van der Waals surface area contributed by atoms with Gasteiger partial charge in [0.25, 0.3) is 0 Å². The quantitative estimate of drug-likeness (QED) is 0.760. The second-order valence-electron chi connectivity index (χ2n) is 3.93. The molecule has 0 heterocycles. The third kappa shape index (κ3) is 3.87. The van der Waals surface area contributed by atoms with E-state index in [9.17, 15) is 4.79 Å². The molecule has 86 valence electrons. The molecule has 1 N–H and O–H groups in total. The Morgan fingerprint density at radius 2 is 2.00 bits per heavy atom. The summed E-state index contributed by atoms with van der Waals surface area (Å²) >= 11 is 0. The molecule has 16 heavy (non-hydrogen) atoms. The van der Waals surface area contributed by atoms with Crippen molar-refractivity contribution in [2.24, 2.45) is 0 Å². The van der Waals surface area contributed by atoms with E-state index in [-0.39, 0.29) is 5.91 Å². The molecular formula is C13H18N2O. The zero-order chi connectivity index (χ0) is 12.0. The van der Waals surface area contributed by atoms with Crippen LogP contribution in [0.25, 0.3) is 0 Å². The standard InChI is InChI=1S/C13H18N2O/c1-4-13(16)14-9-11-7-5-6-8-12(11)10-15(2)3/h4-8H,1,9-10H2,2-3H3,(H,14,16). The van der Waals surface area contributed by atoms with Crippen LogP contribution in [-0.2, 0) is 17.9 Å². The molecule has 0 fully saturated rings. The molecule has 0 saturated heterocycles. The van der Waals surface area contributed by atoms with E-state index in [2.05, 4.69) is 22.9 Å². The summed E-state index contributed by atoms with van der Waals surface area (Å²) in [6.45, 7) is 4.85. The van der Waals surface area contributed by atoms with Gasteiger partial charge in [-0.05, 0) is 31.3 Å². The summed E-state index contributed by atoms with van der Waals surface area (Å²) in [6, 6.07) is 8.10. The molecule has 3 nitrogen and oxygen atoms in total. The molecule has 0 aliphatic rings. The molecule has 1 rings (SSSR count). The Labute approximate surface area is 96.8 Å². The summed E-state index contributed by atoms with van der Waals surface area (Å²) in [5.41, 5.74) is 2.38. The summed E-state index contributed by atoms with van der Waals surface area (Å²) in [5, 5.41) is 2.79. The lowest BCUT2D eigenvalue weighted by molar-refractivity contribution is -0.116. The van der Waals surface area contributed by atoms with E-state index in [1.807, 2.05) is 32.3 Å². The predicted octanol–water partition coefficient (Wildman–Crippen LogP) is 1.55. The van der Waals surface area contributed by atoms with Crippen LogP contribution in [0.1, 0.15) is 11.1 Å². The van der Waals surface area contributed by atoms with Crippen molar-refractivity contribution in [1.29, 1.82) is 0 Å². The van der Waals surface area contributed by atoms with Gasteiger partial charge < -0.3 is 10.2 Å². The molecule has 0 atom stereocenters. The van der Waals surface area contributed by atoms with Crippen LogP contribution in [0.3, 0.4) is 0 Å². The molecular weight excluding hydrogens is 200 g/mol. The van der Waals surface area contributed by atoms with Crippen molar-refractivity contribution in [1.82, 2.24) is 10.2 Å². The molecule has 0 bridgehead atoms. The zero-order valence-corrected chi connectivity index (χ0v) is 9.86. The third-order valence-electron chi connectivity index (χ3n) is 2.24. The highest BCUT2D eigenvalue weighted by Crippen LogP contribution is 2.10. The number of amides is 1. The zero-order valence-electron chi connectivity index (χ0n) is 9.86. The van der Waals surface area contributed by atoms with Gasteiger partial charge in [0.05, 0.1) is 0 Å². The molecule has 0 spiro atoms. The number of benzene rings is 1. The molecule has 1 aromatic rings. The van der Waals surface area contributed by atoms with Crippen LogP contribution in [-0.4, -0.2) is 24.9 Å². The Morgan fingerprint density at radius 1 is 1.38 bits per heavy atom. The highest BCUT2D eigenvalue weighted by molar-refractivity contribution is 5.86. The number of nitrogens with one attached hydrogen (secondary N) is 1. The molecule has 0 radical (unpaired) electrons. The average Bonchev–Trinajstić information content (AvgIpc) is 2.26. The number of rotatable bonds is 5. The Morgan fingerprint density at radius 3 is 2.56 bits per heavy atom. The second-order valence-corrected chi connectivity index (χ2v) is 3.93. The normalized spacial score (nSPS) is 10.2. The van der Waals surface area contributed by atoms with Crippen molar-refractivity contribution >= 4 is 5.91 Å². The van der Waals surface area contributed by atoms with Crippen molar-refractivity contribution in [3.05, 3.63) is 48.0 Å². The highest BCUT2D eigenvalue weighted by atomic mass is 16.1. The Balaban J connectivity index is 2.70. The molecule has 0 aliphatic heterocycles. The van der Waals surface area contributed by atoms with Gasteiger partial charge in [-0.1, -0.05) is 30.8 Å². The van der Waals surface area contributed by atoms with E-state index in [0.29, 0.717) is 6.54 Å². The van der Waals surface area contributed by atoms with Gasteiger partial charge in [0.1, 0.15) is 0 Å². The largest absolute Gasteiger partial charge is 0.348 e. The first-order chi connectivity index (χ1) is 7.63. The van der Waals surface area contributed by atoms with Crippen LogP contribution in [0.2, 0.25) is 0 Å². The molecule has 0 unspecified atom stereocenters. The van der Waals surface area contributed by atoms with E-state index in [1.54, 1.807) is 0 Å². The first-order valence-corrected chi connectivity index (χ1v) is 5.25. The van der Waals surface area contributed by atoms with Crippen molar-refractivity contribution in [3.8, 4) is 0 Å². The Bertz CT molecular complexity index is 372. The Kier molecular flexibility index (Phi) is 4.73. The average molecular weight is 218 g/mol. The van der Waals surface area contributed by atoms with Crippen molar-refractivity contribution in [2.45, 2.75) is 13.1 Å². The maximum absolute atomic E-state index is 11.1. The summed E-state index contributed by atoms with van der Waals surface area (Å²) in [6.07, 6.45) is 1.29. The summed E-state index contributed by atoms with van der Waals surface area (Å²) in [5.74, 6) is -0.139. The lowest BCUT2D eigenvalue weighted by Gasteiger charge is -2.14. The monoisotopic (exact) mass is 218 g/mol. The maximum atomic E-state index is 11.1. The fraction of sp³-hybridized carbons (Fsp3) is 0.308. The third-order valence-corrected chi connectivity index (χ3v) is 2.24. The summed E-state index contributed by atoms with van der Waals surface area (Å²) in [4.78, 5) is 13.2. The number of hydrogen-bond donors (Lipinski definition) is 1. The van der Waals surface area contributed by atoms with E-state index in [0.717, 1.165) is 12.1 Å². The van der Waals surface area contributed by atoms with Gasteiger partial charge in [-0.25, -0.2) is 0 Å². The number of carbonyl (C=O) groups is 1. The Hall–Kier alpha value is -1.61. The van der Waals surface area contributed by atoms with Gasteiger partial charge >= 0.3 is 0 Å². The van der Waals surface area contributed by atoms with Crippen molar-refractivity contribution in [3.63, 3.8) is 0 Å². The minimum Gasteiger partial charge on any atom is -0.348 e. The van der Waals surface area contributed by atoms with Crippen LogP contribution in [0.4, 0.5) is 0 Å². The molecule has 0 saturated carbocycles. The topological polar surface area (TPSA) is 32.3 Å². The van der Waals surface area contributed by atoms with Gasteiger partial charge in [-0.2, -0.15) is 0 Å². The lowest BCUT2D eigenvalue weighted by atomic mass is 10.1. The fourth-order valence-electron chi connectivity index (χ4n) is 1.48. The minimum absolute atomic E-state index is 0.139. The van der Waals surface area contributed by atoms with Crippen molar-refractivity contribution in [2.75, 3.05) is 14.1 Å². The molecule has 0 aromatic heterocycles. The van der Waals surface area contributed by atoms with Crippen LogP contribution in [0.15, 0.2) is 36.9 Å². The van der Waals surface area contributed by atoms with E-state index in [1.165, 1.54) is 11.6 Å². The van der Waals surface area contributed by atoms with Gasteiger partial charge in [-0.15, -0.1) is 0 Å². The van der Waals surface area contributed by atoms with E-state index in [4.69, 9.17) is 0 Å². The first kappa shape index (κ1) is 12.5. The van der Waals surface area contributed by atoms with Crippen LogP contribution >= 0.6 is 0 Å². The summed E-state index contributed by atoms with van der Waals surface area (Å²) < 4.78 is 0. The van der Waals surface area contributed by atoms with Crippen molar-refractivity contribution < 1.29 is 4.79 Å². The fourth-order valence-corrected chi connectivity index (χ4v) is 1.48. The minimum atomic E-state index is -0.139. The number of carbonyl (C=O) groups excluding carboxylic acids is 1. The smallest absolute Gasteiger partial charge is 0.243 e. The summed E-state index contributed by atoms with van der Waals surface area (Å²) in [7, 11) is 4.05. The van der Waals surface area contributed by atoms with Gasteiger partial charge in [-0.3, -0.25) is 4.79 Å². The lowest BCUT2D eigenvalue weighted by Crippen LogP contribution is -2.21. The first-order valence-electron chi connectivity index (χ1n) is 5.25. The molecule has 1 aromatic carbocycles. The van der Waals surface area contributed by atoms with Crippen LogP contribution in [0.5, 0.6) is 0 Å². The number of nitrogens with zero attached hydrogens (tertiary/aromatic N) is 1. The van der Waals surface area contributed by atoms with E-state index >= 15 is 0 Å². The van der Waals surface area contributed by atoms with E-state index < -0.39 is 0 Å².